The van der Waals surface area contributed by atoms with Crippen LogP contribution in [0.5, 0.6) is 0 Å². The van der Waals surface area contributed by atoms with Crippen molar-refractivity contribution >= 4 is 0 Å². The minimum atomic E-state index is 0.605. The molecule has 0 heterocycles. The number of hydrogen-bond donors (Lipinski definition) is 1. The van der Waals surface area contributed by atoms with Gasteiger partial charge in [-0.1, -0.05) is 6.92 Å². The first kappa shape index (κ1) is 13.5. The fourth-order valence-corrected chi connectivity index (χ4v) is 5.63. The van der Waals surface area contributed by atoms with Crippen LogP contribution < -0.4 is 5.32 Å². The quantitative estimate of drug-likeness (QED) is 0.736. The molecule has 4 fully saturated rings. The third-order valence-electron chi connectivity index (χ3n) is 5.95. The summed E-state index contributed by atoms with van der Waals surface area (Å²) < 4.78 is 0. The molecule has 0 saturated heterocycles. The molecule has 0 aromatic heterocycles. The molecule has 0 aliphatic heterocycles. The molecule has 1 N–H and O–H groups in total. The van der Waals surface area contributed by atoms with E-state index in [4.69, 9.17) is 0 Å². The zero-order valence-corrected chi connectivity index (χ0v) is 12.7. The second-order valence-electron chi connectivity index (χ2n) is 7.42. The Morgan fingerprint density at radius 3 is 2.16 bits per heavy atom. The van der Waals surface area contributed by atoms with Crippen molar-refractivity contribution in [2.45, 2.75) is 71.3 Å². The summed E-state index contributed by atoms with van der Waals surface area (Å²) in [6, 6.07) is 0.660. The highest BCUT2D eigenvalue weighted by Gasteiger charge is 2.53. The molecule has 1 unspecified atom stereocenters. The van der Waals surface area contributed by atoms with Gasteiger partial charge in [-0.15, -0.1) is 11.8 Å². The third kappa shape index (κ3) is 2.57. The van der Waals surface area contributed by atoms with E-state index in [-0.39, 0.29) is 0 Å². The lowest BCUT2D eigenvalue weighted by Gasteiger charge is -2.59. The van der Waals surface area contributed by atoms with Gasteiger partial charge in [0.1, 0.15) is 0 Å². The van der Waals surface area contributed by atoms with E-state index in [9.17, 15) is 0 Å². The van der Waals surface area contributed by atoms with Crippen molar-refractivity contribution < 1.29 is 0 Å². The summed E-state index contributed by atoms with van der Waals surface area (Å²) in [6.07, 6.45) is 11.4. The first-order valence-electron chi connectivity index (χ1n) is 8.38. The lowest BCUT2D eigenvalue weighted by Crippen LogP contribution is -2.55. The normalized spacial score (nSPS) is 40.8. The van der Waals surface area contributed by atoms with E-state index in [1.165, 1.54) is 44.9 Å². The Balaban J connectivity index is 1.77. The monoisotopic (exact) mass is 259 g/mol. The molecule has 1 atom stereocenters. The third-order valence-corrected chi connectivity index (χ3v) is 5.95. The van der Waals surface area contributed by atoms with Gasteiger partial charge in [0.15, 0.2) is 0 Å². The van der Waals surface area contributed by atoms with Gasteiger partial charge in [-0.25, -0.2) is 0 Å². The lowest BCUT2D eigenvalue weighted by molar-refractivity contribution is -0.0727. The highest BCUT2D eigenvalue weighted by atomic mass is 14.9. The summed E-state index contributed by atoms with van der Waals surface area (Å²) in [4.78, 5) is 0. The van der Waals surface area contributed by atoms with Gasteiger partial charge in [0.05, 0.1) is 0 Å². The SMILES string of the molecule is CC#CCC(NCCC)C12CC3CC(CC(C3)C1)C2. The summed E-state index contributed by atoms with van der Waals surface area (Å²) in [6.45, 7) is 5.42. The maximum atomic E-state index is 3.86. The maximum Gasteiger partial charge on any atom is 0.0248 e. The molecule has 0 spiro atoms. The van der Waals surface area contributed by atoms with E-state index in [1.807, 2.05) is 6.92 Å². The zero-order valence-electron chi connectivity index (χ0n) is 12.7. The fraction of sp³-hybridized carbons (Fsp3) is 0.889. The molecule has 1 heteroatoms. The fourth-order valence-electron chi connectivity index (χ4n) is 5.63. The van der Waals surface area contributed by atoms with Crippen LogP contribution in [0.2, 0.25) is 0 Å². The minimum absolute atomic E-state index is 0.605. The van der Waals surface area contributed by atoms with Crippen LogP contribution in [0.4, 0.5) is 0 Å². The van der Waals surface area contributed by atoms with Gasteiger partial charge in [-0.05, 0) is 81.6 Å². The van der Waals surface area contributed by atoms with Crippen LogP contribution in [0.3, 0.4) is 0 Å². The van der Waals surface area contributed by atoms with Crippen LogP contribution in [0, 0.1) is 35.0 Å². The summed E-state index contributed by atoms with van der Waals surface area (Å²) in [5.74, 6) is 9.63. The number of rotatable bonds is 5. The molecule has 4 aliphatic carbocycles. The highest BCUT2D eigenvalue weighted by molar-refractivity contribution is 5.10. The van der Waals surface area contributed by atoms with Gasteiger partial charge in [0, 0.05) is 12.5 Å². The first-order chi connectivity index (χ1) is 9.25. The average Bonchev–Trinajstić information content (AvgIpc) is 2.37. The van der Waals surface area contributed by atoms with E-state index in [0.717, 1.165) is 30.7 Å². The Morgan fingerprint density at radius 1 is 1.11 bits per heavy atom. The first-order valence-corrected chi connectivity index (χ1v) is 8.38. The second-order valence-corrected chi connectivity index (χ2v) is 7.42. The van der Waals surface area contributed by atoms with E-state index < -0.39 is 0 Å². The molecule has 0 aromatic carbocycles. The maximum absolute atomic E-state index is 3.86. The molecule has 0 aromatic rings. The molecule has 19 heavy (non-hydrogen) atoms. The molecule has 4 aliphatic rings. The standard InChI is InChI=1S/C18H29N/c1-3-5-6-17(19-7-4-2)18-11-14-8-15(12-18)10-16(9-14)13-18/h14-17,19H,4,6-13H2,1-2H3. The zero-order chi connectivity index (χ0) is 13.3. The van der Waals surface area contributed by atoms with Crippen molar-refractivity contribution in [3.05, 3.63) is 0 Å². The topological polar surface area (TPSA) is 12.0 Å². The molecule has 4 saturated carbocycles. The van der Waals surface area contributed by atoms with Crippen molar-refractivity contribution in [1.29, 1.82) is 0 Å². The number of nitrogens with one attached hydrogen (secondary N) is 1. The summed E-state index contributed by atoms with van der Waals surface area (Å²) in [5, 5.41) is 3.86. The van der Waals surface area contributed by atoms with E-state index in [2.05, 4.69) is 24.1 Å². The van der Waals surface area contributed by atoms with Crippen molar-refractivity contribution in [3.8, 4) is 11.8 Å². The van der Waals surface area contributed by atoms with Crippen molar-refractivity contribution in [2.75, 3.05) is 6.54 Å². The summed E-state index contributed by atoms with van der Waals surface area (Å²) in [5.41, 5.74) is 0.605. The van der Waals surface area contributed by atoms with Gasteiger partial charge in [-0.2, -0.15) is 0 Å². The Kier molecular flexibility index (Phi) is 3.90. The van der Waals surface area contributed by atoms with Crippen LogP contribution in [0.15, 0.2) is 0 Å². The molecule has 0 amide bonds. The van der Waals surface area contributed by atoms with E-state index in [1.54, 1.807) is 0 Å². The summed E-state index contributed by atoms with van der Waals surface area (Å²) >= 11 is 0. The Bertz CT molecular complexity index is 338. The van der Waals surface area contributed by atoms with Gasteiger partial charge in [0.2, 0.25) is 0 Å². The lowest BCUT2D eigenvalue weighted by atomic mass is 9.47. The largest absolute Gasteiger partial charge is 0.312 e. The Morgan fingerprint density at radius 2 is 1.68 bits per heavy atom. The average molecular weight is 259 g/mol. The second kappa shape index (κ2) is 5.49. The Hall–Kier alpha value is -0.480. The van der Waals surface area contributed by atoms with Gasteiger partial charge in [0.25, 0.3) is 0 Å². The summed E-state index contributed by atoms with van der Waals surface area (Å²) in [7, 11) is 0. The van der Waals surface area contributed by atoms with E-state index in [0.29, 0.717) is 11.5 Å². The molecular formula is C18H29N. The van der Waals surface area contributed by atoms with Crippen LogP contribution in [-0.2, 0) is 0 Å². The Labute approximate surface area is 118 Å². The molecule has 4 rings (SSSR count). The van der Waals surface area contributed by atoms with Gasteiger partial charge >= 0.3 is 0 Å². The highest BCUT2D eigenvalue weighted by Crippen LogP contribution is 2.61. The van der Waals surface area contributed by atoms with Crippen LogP contribution in [-0.4, -0.2) is 12.6 Å². The van der Waals surface area contributed by atoms with Crippen LogP contribution in [0.1, 0.15) is 65.2 Å². The molecule has 0 radical (unpaired) electrons. The molecule has 106 valence electrons. The predicted octanol–water partition coefficient (Wildman–Crippen LogP) is 3.98. The number of hydrogen-bond acceptors (Lipinski definition) is 1. The molecule has 4 bridgehead atoms. The van der Waals surface area contributed by atoms with Crippen LogP contribution >= 0.6 is 0 Å². The molecule has 1 nitrogen and oxygen atoms in total. The smallest absolute Gasteiger partial charge is 0.0248 e. The van der Waals surface area contributed by atoms with Gasteiger partial charge in [-0.3, -0.25) is 0 Å². The van der Waals surface area contributed by atoms with Gasteiger partial charge < -0.3 is 5.32 Å². The predicted molar refractivity (Wildman–Crippen MR) is 80.8 cm³/mol. The van der Waals surface area contributed by atoms with Crippen molar-refractivity contribution in [1.82, 2.24) is 5.32 Å². The van der Waals surface area contributed by atoms with Crippen molar-refractivity contribution in [3.63, 3.8) is 0 Å². The van der Waals surface area contributed by atoms with Crippen LogP contribution in [0.25, 0.3) is 0 Å². The van der Waals surface area contributed by atoms with E-state index >= 15 is 0 Å². The minimum Gasteiger partial charge on any atom is -0.312 e. The molecular weight excluding hydrogens is 230 g/mol. The van der Waals surface area contributed by atoms with Crippen molar-refractivity contribution in [2.24, 2.45) is 23.2 Å².